The molecule has 3 aromatic rings. The van der Waals surface area contributed by atoms with Crippen LogP contribution in [0.1, 0.15) is 32.7 Å². The molecule has 150 valence electrons. The minimum absolute atomic E-state index is 0.0735. The maximum Gasteiger partial charge on any atom is 0.280 e. The fourth-order valence-electron chi connectivity index (χ4n) is 3.44. The van der Waals surface area contributed by atoms with Gasteiger partial charge in [-0.3, -0.25) is 14.5 Å². The van der Waals surface area contributed by atoms with Gasteiger partial charge >= 0.3 is 0 Å². The van der Waals surface area contributed by atoms with E-state index in [0.717, 1.165) is 45.9 Å². The number of carbonyl (C=O) groups excluding carboxylic acids is 2. The number of anilines is 1. The first kappa shape index (κ1) is 20.7. The largest absolute Gasteiger partial charge is 0.354 e. The van der Waals surface area contributed by atoms with Gasteiger partial charge in [-0.15, -0.1) is 5.10 Å². The molecule has 0 radical (unpaired) electrons. The molecule has 0 fully saturated rings. The number of hydrogen-bond donors (Lipinski definition) is 1. The highest BCUT2D eigenvalue weighted by Crippen LogP contribution is 2.27. The zero-order valence-corrected chi connectivity index (χ0v) is 17.6. The molecule has 0 aliphatic heterocycles. The van der Waals surface area contributed by atoms with Gasteiger partial charge in [0.25, 0.3) is 5.91 Å². The van der Waals surface area contributed by atoms with Crippen molar-refractivity contribution in [2.75, 3.05) is 18.0 Å². The third-order valence-electron chi connectivity index (χ3n) is 4.61. The van der Waals surface area contributed by atoms with Crippen molar-refractivity contribution >= 4 is 29.0 Å². The lowest BCUT2D eigenvalue weighted by Crippen LogP contribution is -2.42. The molecule has 0 bridgehead atoms. The molecular weight excluding hydrogens is 384 g/mol. The van der Waals surface area contributed by atoms with Crippen LogP contribution in [-0.4, -0.2) is 34.5 Å². The van der Waals surface area contributed by atoms with E-state index in [-0.39, 0.29) is 24.1 Å². The quantitative estimate of drug-likeness (QED) is 0.650. The molecule has 0 unspecified atom stereocenters. The van der Waals surface area contributed by atoms with Crippen molar-refractivity contribution in [2.24, 2.45) is 0 Å². The summed E-state index contributed by atoms with van der Waals surface area (Å²) in [5.74, 6) is -0.538. The standard InChI is InChI=1S/C22H24N4O2S/c1-15-11-16(2)21(17(3)12-15)26(22(28)19-14-29-25-24-19)13-20(27)23-10-9-18-7-5-4-6-8-18/h4-8,11-12,14H,9-10,13H2,1-3H3,(H,23,27). The SMILES string of the molecule is Cc1cc(C)c(N(CC(=O)NCCc2ccccc2)C(=O)c2csnn2)c(C)c1. The van der Waals surface area contributed by atoms with Gasteiger partial charge in [0.15, 0.2) is 5.69 Å². The summed E-state index contributed by atoms with van der Waals surface area (Å²) in [6, 6.07) is 14.0. The van der Waals surface area contributed by atoms with Gasteiger partial charge in [-0.05, 0) is 55.4 Å². The molecule has 1 aromatic heterocycles. The molecule has 0 aliphatic rings. The van der Waals surface area contributed by atoms with Crippen molar-refractivity contribution in [2.45, 2.75) is 27.2 Å². The number of aromatic nitrogens is 2. The van der Waals surface area contributed by atoms with Crippen LogP contribution >= 0.6 is 11.5 Å². The van der Waals surface area contributed by atoms with E-state index in [2.05, 4.69) is 14.9 Å². The highest BCUT2D eigenvalue weighted by atomic mass is 32.1. The number of amides is 2. The van der Waals surface area contributed by atoms with Gasteiger partial charge in [-0.25, -0.2) is 0 Å². The van der Waals surface area contributed by atoms with Crippen LogP contribution in [0, 0.1) is 20.8 Å². The summed E-state index contributed by atoms with van der Waals surface area (Å²) in [7, 11) is 0. The van der Waals surface area contributed by atoms with Crippen LogP contribution < -0.4 is 10.2 Å². The average molecular weight is 409 g/mol. The van der Waals surface area contributed by atoms with Gasteiger partial charge in [-0.1, -0.05) is 52.5 Å². The first-order chi connectivity index (χ1) is 14.0. The monoisotopic (exact) mass is 408 g/mol. The average Bonchev–Trinajstić information content (AvgIpc) is 3.21. The number of benzene rings is 2. The lowest BCUT2D eigenvalue weighted by Gasteiger charge is -2.25. The maximum atomic E-state index is 13.1. The normalized spacial score (nSPS) is 10.6. The van der Waals surface area contributed by atoms with Crippen molar-refractivity contribution in [3.8, 4) is 0 Å². The van der Waals surface area contributed by atoms with Gasteiger partial charge < -0.3 is 5.32 Å². The van der Waals surface area contributed by atoms with E-state index in [9.17, 15) is 9.59 Å². The van der Waals surface area contributed by atoms with E-state index < -0.39 is 0 Å². The van der Waals surface area contributed by atoms with Gasteiger partial charge in [0.1, 0.15) is 6.54 Å². The molecule has 6 nitrogen and oxygen atoms in total. The second kappa shape index (κ2) is 9.43. The molecule has 1 N–H and O–H groups in total. The Labute approximate surface area is 174 Å². The molecule has 2 amide bonds. The number of rotatable bonds is 7. The number of nitrogens with one attached hydrogen (secondary N) is 1. The first-order valence-corrected chi connectivity index (χ1v) is 10.3. The molecule has 7 heteroatoms. The van der Waals surface area contributed by atoms with Crippen LogP contribution in [0.3, 0.4) is 0 Å². The van der Waals surface area contributed by atoms with Crippen molar-refractivity contribution in [3.63, 3.8) is 0 Å². The van der Waals surface area contributed by atoms with Crippen molar-refractivity contribution in [3.05, 3.63) is 75.8 Å². The predicted octanol–water partition coefficient (Wildman–Crippen LogP) is 3.47. The smallest absolute Gasteiger partial charge is 0.280 e. The molecule has 0 atom stereocenters. The Hall–Kier alpha value is -3.06. The Morgan fingerprint density at radius 1 is 1.07 bits per heavy atom. The Morgan fingerprint density at radius 3 is 2.38 bits per heavy atom. The summed E-state index contributed by atoms with van der Waals surface area (Å²) in [6.07, 6.45) is 0.735. The van der Waals surface area contributed by atoms with Gasteiger partial charge in [0, 0.05) is 11.9 Å². The molecule has 0 saturated heterocycles. The van der Waals surface area contributed by atoms with E-state index >= 15 is 0 Å². The summed E-state index contributed by atoms with van der Waals surface area (Å²) in [6.45, 7) is 6.34. The van der Waals surface area contributed by atoms with Gasteiger partial charge in [0.2, 0.25) is 5.91 Å². The van der Waals surface area contributed by atoms with Crippen LogP contribution in [-0.2, 0) is 11.2 Å². The molecule has 3 rings (SSSR count). The summed E-state index contributed by atoms with van der Waals surface area (Å²) >= 11 is 1.11. The van der Waals surface area contributed by atoms with E-state index in [1.807, 2.05) is 63.2 Å². The van der Waals surface area contributed by atoms with Gasteiger partial charge in [0.05, 0.1) is 5.69 Å². The van der Waals surface area contributed by atoms with E-state index in [1.54, 1.807) is 5.38 Å². The van der Waals surface area contributed by atoms with E-state index in [4.69, 9.17) is 0 Å². The van der Waals surface area contributed by atoms with Gasteiger partial charge in [-0.2, -0.15) is 0 Å². The molecular formula is C22H24N4O2S. The molecule has 2 aromatic carbocycles. The third-order valence-corrected chi connectivity index (χ3v) is 5.11. The fourth-order valence-corrected chi connectivity index (χ4v) is 3.87. The van der Waals surface area contributed by atoms with Crippen LogP contribution in [0.2, 0.25) is 0 Å². The summed E-state index contributed by atoms with van der Waals surface area (Å²) in [5.41, 5.74) is 5.13. The number of aryl methyl sites for hydroxylation is 3. The van der Waals surface area contributed by atoms with Crippen molar-refractivity contribution in [1.29, 1.82) is 0 Å². The first-order valence-electron chi connectivity index (χ1n) is 9.43. The number of hydrogen-bond acceptors (Lipinski definition) is 5. The Kier molecular flexibility index (Phi) is 6.72. The molecule has 0 spiro atoms. The second-order valence-electron chi connectivity index (χ2n) is 7.01. The highest BCUT2D eigenvalue weighted by molar-refractivity contribution is 7.03. The lowest BCUT2D eigenvalue weighted by molar-refractivity contribution is -0.119. The highest BCUT2D eigenvalue weighted by Gasteiger charge is 2.25. The third kappa shape index (κ3) is 5.26. The van der Waals surface area contributed by atoms with E-state index in [0.29, 0.717) is 6.54 Å². The summed E-state index contributed by atoms with van der Waals surface area (Å²) in [4.78, 5) is 27.2. The minimum atomic E-state index is -0.327. The summed E-state index contributed by atoms with van der Waals surface area (Å²) < 4.78 is 3.78. The van der Waals surface area contributed by atoms with Crippen LogP contribution in [0.5, 0.6) is 0 Å². The minimum Gasteiger partial charge on any atom is -0.354 e. The van der Waals surface area contributed by atoms with Crippen LogP contribution in [0.4, 0.5) is 5.69 Å². The summed E-state index contributed by atoms with van der Waals surface area (Å²) in [5, 5.41) is 8.41. The Bertz CT molecular complexity index is 964. The van der Waals surface area contributed by atoms with Crippen LogP contribution in [0.15, 0.2) is 47.8 Å². The Balaban J connectivity index is 1.77. The predicted molar refractivity (Wildman–Crippen MR) is 115 cm³/mol. The fraction of sp³-hybridized carbons (Fsp3) is 0.273. The maximum absolute atomic E-state index is 13.1. The van der Waals surface area contributed by atoms with Crippen molar-refractivity contribution < 1.29 is 9.59 Å². The number of carbonyl (C=O) groups is 2. The molecule has 0 saturated carbocycles. The van der Waals surface area contributed by atoms with Crippen LogP contribution in [0.25, 0.3) is 0 Å². The molecule has 0 aliphatic carbocycles. The van der Waals surface area contributed by atoms with Crippen molar-refractivity contribution in [1.82, 2.24) is 14.9 Å². The molecule has 1 heterocycles. The number of nitrogens with zero attached hydrogens (tertiary/aromatic N) is 3. The lowest BCUT2D eigenvalue weighted by atomic mass is 10.0. The zero-order chi connectivity index (χ0) is 20.8. The molecule has 29 heavy (non-hydrogen) atoms. The topological polar surface area (TPSA) is 75.2 Å². The zero-order valence-electron chi connectivity index (χ0n) is 16.8. The Morgan fingerprint density at radius 2 is 1.76 bits per heavy atom. The second-order valence-corrected chi connectivity index (χ2v) is 7.62. The van der Waals surface area contributed by atoms with E-state index in [1.165, 1.54) is 4.90 Å².